The fraction of sp³-hybridized carbons (Fsp3) is 0.200. The van der Waals surface area contributed by atoms with Gasteiger partial charge in [0.25, 0.3) is 0 Å². The number of pyridine rings is 1. The summed E-state index contributed by atoms with van der Waals surface area (Å²) in [4.78, 5) is 8.20. The van der Waals surface area contributed by atoms with Crippen molar-refractivity contribution in [1.29, 1.82) is 0 Å². The summed E-state index contributed by atoms with van der Waals surface area (Å²) in [6, 6.07) is 3.63. The van der Waals surface area contributed by atoms with Crippen LogP contribution in [0.5, 0.6) is 0 Å². The van der Waals surface area contributed by atoms with E-state index in [-0.39, 0.29) is 0 Å². The Morgan fingerprint density at radius 1 is 1.50 bits per heavy atom. The molecule has 4 nitrogen and oxygen atoms in total. The first-order valence-corrected chi connectivity index (χ1v) is 4.46. The third kappa shape index (κ3) is 1.59. The molecule has 2 aromatic heterocycles. The van der Waals surface area contributed by atoms with Gasteiger partial charge in [-0.25, -0.2) is 9.97 Å². The summed E-state index contributed by atoms with van der Waals surface area (Å²) < 4.78 is 5.24. The summed E-state index contributed by atoms with van der Waals surface area (Å²) in [5.74, 6) is 1.22. The number of nitrogens with zero attached hydrogens (tertiary/aromatic N) is 2. The summed E-state index contributed by atoms with van der Waals surface area (Å²) in [5, 5.41) is 0. The lowest BCUT2D eigenvalue weighted by molar-refractivity contribution is 0.502. The number of aromatic nitrogens is 2. The van der Waals surface area contributed by atoms with Crippen LogP contribution >= 0.6 is 0 Å². The molecule has 0 saturated carbocycles. The maximum absolute atomic E-state index is 5.57. The van der Waals surface area contributed by atoms with Gasteiger partial charge in [0.1, 0.15) is 17.8 Å². The Kier molecular flexibility index (Phi) is 2.18. The van der Waals surface area contributed by atoms with Crippen LogP contribution in [0.3, 0.4) is 0 Å². The van der Waals surface area contributed by atoms with Gasteiger partial charge in [-0.05, 0) is 12.1 Å². The molecule has 2 N–H and O–H groups in total. The van der Waals surface area contributed by atoms with E-state index in [0.717, 1.165) is 23.6 Å². The summed E-state index contributed by atoms with van der Waals surface area (Å²) >= 11 is 0. The van der Waals surface area contributed by atoms with E-state index in [1.807, 2.05) is 13.0 Å². The largest absolute Gasteiger partial charge is 0.448 e. The molecule has 0 fully saturated rings. The number of anilines is 1. The average Bonchev–Trinajstić information content (AvgIpc) is 2.66. The van der Waals surface area contributed by atoms with Gasteiger partial charge in [0, 0.05) is 18.2 Å². The van der Waals surface area contributed by atoms with Crippen LogP contribution in [0.15, 0.2) is 29.0 Å². The molecule has 14 heavy (non-hydrogen) atoms. The minimum Gasteiger partial charge on any atom is -0.448 e. The highest BCUT2D eigenvalue weighted by molar-refractivity contribution is 5.60. The van der Waals surface area contributed by atoms with E-state index >= 15 is 0 Å². The van der Waals surface area contributed by atoms with Gasteiger partial charge in [0.2, 0.25) is 0 Å². The molecule has 0 aliphatic rings. The molecule has 4 heteroatoms. The Morgan fingerprint density at radius 2 is 2.36 bits per heavy atom. The van der Waals surface area contributed by atoms with Gasteiger partial charge in [0.15, 0.2) is 5.89 Å². The molecule has 72 valence electrons. The van der Waals surface area contributed by atoms with Crippen LogP contribution in [0.25, 0.3) is 11.3 Å². The van der Waals surface area contributed by atoms with E-state index in [4.69, 9.17) is 10.2 Å². The predicted octanol–water partition coefficient (Wildman–Crippen LogP) is 1.88. The van der Waals surface area contributed by atoms with Crippen LogP contribution < -0.4 is 5.73 Å². The molecule has 0 aliphatic heterocycles. The molecule has 2 rings (SSSR count). The van der Waals surface area contributed by atoms with E-state index in [9.17, 15) is 0 Å². The summed E-state index contributed by atoms with van der Waals surface area (Å²) in [7, 11) is 0. The molecule has 0 unspecified atom stereocenters. The number of aryl methyl sites for hydroxylation is 1. The van der Waals surface area contributed by atoms with Crippen molar-refractivity contribution < 1.29 is 4.42 Å². The van der Waals surface area contributed by atoms with E-state index in [1.54, 1.807) is 18.5 Å². The Balaban J connectivity index is 2.39. The van der Waals surface area contributed by atoms with E-state index in [2.05, 4.69) is 9.97 Å². The Morgan fingerprint density at radius 3 is 3.00 bits per heavy atom. The third-order valence-electron chi connectivity index (χ3n) is 1.93. The maximum atomic E-state index is 5.57. The van der Waals surface area contributed by atoms with Crippen molar-refractivity contribution in [2.24, 2.45) is 0 Å². The van der Waals surface area contributed by atoms with E-state index < -0.39 is 0 Å². The molecule has 0 amide bonds. The second kappa shape index (κ2) is 3.49. The molecule has 2 heterocycles. The average molecular weight is 189 g/mol. The van der Waals surface area contributed by atoms with Crippen molar-refractivity contribution in [1.82, 2.24) is 9.97 Å². The first-order valence-electron chi connectivity index (χ1n) is 4.46. The molecule has 0 radical (unpaired) electrons. The van der Waals surface area contributed by atoms with Crippen molar-refractivity contribution in [3.8, 4) is 11.3 Å². The zero-order valence-corrected chi connectivity index (χ0v) is 7.90. The first-order chi connectivity index (χ1) is 6.79. The topological polar surface area (TPSA) is 64.9 Å². The van der Waals surface area contributed by atoms with Crippen molar-refractivity contribution >= 4 is 5.82 Å². The Bertz CT molecular complexity index is 436. The van der Waals surface area contributed by atoms with Crippen molar-refractivity contribution in [2.45, 2.75) is 13.3 Å². The Labute approximate surface area is 81.8 Å². The molecule has 0 aromatic carbocycles. The van der Waals surface area contributed by atoms with E-state index in [1.165, 1.54) is 0 Å². The standard InChI is InChI=1S/C10H11N3O/c1-2-10-13-8(6-14-10)7-3-4-12-9(11)5-7/h3-6H,2H2,1H3,(H2,11,12). The number of nitrogens with two attached hydrogens (primary N) is 1. The number of nitrogen functional groups attached to an aromatic ring is 1. The van der Waals surface area contributed by atoms with Gasteiger partial charge in [-0.2, -0.15) is 0 Å². The van der Waals surface area contributed by atoms with Crippen LogP contribution in [0.2, 0.25) is 0 Å². The first kappa shape index (κ1) is 8.74. The lowest BCUT2D eigenvalue weighted by Gasteiger charge is -1.95. The molecule has 0 bridgehead atoms. The van der Waals surface area contributed by atoms with Crippen LogP contribution in [0, 0.1) is 0 Å². The molecule has 0 atom stereocenters. The van der Waals surface area contributed by atoms with Crippen molar-refractivity contribution in [3.05, 3.63) is 30.5 Å². The molecule has 2 aromatic rings. The Hall–Kier alpha value is -1.84. The molecule has 0 spiro atoms. The predicted molar refractivity (Wildman–Crippen MR) is 53.5 cm³/mol. The lowest BCUT2D eigenvalue weighted by atomic mass is 10.2. The van der Waals surface area contributed by atoms with Gasteiger partial charge >= 0.3 is 0 Å². The number of rotatable bonds is 2. The quantitative estimate of drug-likeness (QED) is 0.783. The lowest BCUT2D eigenvalue weighted by Crippen LogP contribution is -1.89. The van der Waals surface area contributed by atoms with Crippen molar-refractivity contribution in [2.75, 3.05) is 5.73 Å². The minimum atomic E-state index is 0.489. The summed E-state index contributed by atoms with van der Waals surface area (Å²) in [5.41, 5.74) is 7.30. The SMILES string of the molecule is CCc1nc(-c2ccnc(N)c2)co1. The smallest absolute Gasteiger partial charge is 0.194 e. The second-order valence-corrected chi connectivity index (χ2v) is 2.95. The number of hydrogen-bond donors (Lipinski definition) is 1. The minimum absolute atomic E-state index is 0.489. The third-order valence-corrected chi connectivity index (χ3v) is 1.93. The zero-order chi connectivity index (χ0) is 9.97. The van der Waals surface area contributed by atoms with Gasteiger partial charge in [-0.15, -0.1) is 0 Å². The van der Waals surface area contributed by atoms with Crippen molar-refractivity contribution in [3.63, 3.8) is 0 Å². The normalized spacial score (nSPS) is 10.4. The monoisotopic (exact) mass is 189 g/mol. The molecular formula is C10H11N3O. The highest BCUT2D eigenvalue weighted by Gasteiger charge is 2.04. The van der Waals surface area contributed by atoms with Gasteiger partial charge < -0.3 is 10.2 Å². The van der Waals surface area contributed by atoms with Gasteiger partial charge in [-0.1, -0.05) is 6.92 Å². The fourth-order valence-electron chi connectivity index (χ4n) is 1.21. The number of hydrogen-bond acceptors (Lipinski definition) is 4. The number of oxazole rings is 1. The van der Waals surface area contributed by atoms with Crippen LogP contribution in [-0.2, 0) is 6.42 Å². The molecular weight excluding hydrogens is 178 g/mol. The van der Waals surface area contributed by atoms with E-state index in [0.29, 0.717) is 5.82 Å². The van der Waals surface area contributed by atoms with Crippen LogP contribution in [0.4, 0.5) is 5.82 Å². The highest BCUT2D eigenvalue weighted by Crippen LogP contribution is 2.19. The fourth-order valence-corrected chi connectivity index (χ4v) is 1.21. The van der Waals surface area contributed by atoms with Gasteiger partial charge in [-0.3, -0.25) is 0 Å². The molecule has 0 aliphatic carbocycles. The van der Waals surface area contributed by atoms with Gasteiger partial charge in [0.05, 0.1) is 0 Å². The molecule has 0 saturated heterocycles. The summed E-state index contributed by atoms with van der Waals surface area (Å²) in [6.07, 6.45) is 4.08. The zero-order valence-electron chi connectivity index (χ0n) is 7.90. The highest BCUT2D eigenvalue weighted by atomic mass is 16.3. The van der Waals surface area contributed by atoms with Crippen LogP contribution in [0.1, 0.15) is 12.8 Å². The summed E-state index contributed by atoms with van der Waals surface area (Å²) in [6.45, 7) is 2.00. The second-order valence-electron chi connectivity index (χ2n) is 2.95. The van der Waals surface area contributed by atoms with Crippen LogP contribution in [-0.4, -0.2) is 9.97 Å². The maximum Gasteiger partial charge on any atom is 0.194 e.